The van der Waals surface area contributed by atoms with Crippen LogP contribution in [0.1, 0.15) is 43.3 Å². The van der Waals surface area contributed by atoms with E-state index in [0.29, 0.717) is 24.5 Å². The summed E-state index contributed by atoms with van der Waals surface area (Å²) < 4.78 is 26.4. The summed E-state index contributed by atoms with van der Waals surface area (Å²) in [7, 11) is -3.30. The van der Waals surface area contributed by atoms with Crippen molar-refractivity contribution >= 4 is 33.2 Å². The van der Waals surface area contributed by atoms with Gasteiger partial charge in [0.05, 0.1) is 10.1 Å². The summed E-state index contributed by atoms with van der Waals surface area (Å²) in [6.45, 7) is 6.41. The highest BCUT2D eigenvalue weighted by atomic mass is 32.2. The van der Waals surface area contributed by atoms with E-state index in [1.807, 2.05) is 5.38 Å². The Labute approximate surface area is 159 Å². The molecule has 7 nitrogen and oxygen atoms in total. The number of carbonyl (C=O) groups is 2. The second-order valence-electron chi connectivity index (χ2n) is 6.91. The number of sulfonamides is 1. The second-order valence-corrected chi connectivity index (χ2v) is 10.2. The molecule has 2 amide bonds. The van der Waals surface area contributed by atoms with Crippen molar-refractivity contribution in [1.29, 1.82) is 0 Å². The fourth-order valence-electron chi connectivity index (χ4n) is 2.84. The van der Waals surface area contributed by atoms with Gasteiger partial charge in [0.1, 0.15) is 6.04 Å². The number of rotatable bonds is 7. The fourth-order valence-corrected chi connectivity index (χ4v) is 4.27. The highest BCUT2D eigenvalue weighted by Crippen LogP contribution is 2.17. The summed E-state index contributed by atoms with van der Waals surface area (Å²) in [5.41, 5.74) is 0. The molecule has 2 N–H and O–H groups in total. The zero-order chi connectivity index (χ0) is 19.3. The third-order valence-corrected chi connectivity index (χ3v) is 7.17. The Balaban J connectivity index is 1.87. The lowest BCUT2D eigenvalue weighted by Gasteiger charge is -2.34. The maximum Gasteiger partial charge on any atom is 0.261 e. The van der Waals surface area contributed by atoms with Crippen LogP contribution < -0.4 is 10.0 Å². The van der Waals surface area contributed by atoms with Gasteiger partial charge in [0, 0.05) is 19.6 Å². The van der Waals surface area contributed by atoms with Gasteiger partial charge in [-0.1, -0.05) is 6.07 Å². The van der Waals surface area contributed by atoms with Gasteiger partial charge in [0.15, 0.2) is 0 Å². The van der Waals surface area contributed by atoms with Crippen LogP contribution in [0.4, 0.5) is 0 Å². The van der Waals surface area contributed by atoms with Crippen LogP contribution in [0.5, 0.6) is 0 Å². The zero-order valence-corrected chi connectivity index (χ0v) is 17.0. The van der Waals surface area contributed by atoms with Crippen molar-refractivity contribution in [1.82, 2.24) is 14.9 Å². The van der Waals surface area contributed by atoms with Crippen molar-refractivity contribution < 1.29 is 18.0 Å². The molecule has 0 radical (unpaired) electrons. The molecular weight excluding hydrogens is 374 g/mol. The monoisotopic (exact) mass is 401 g/mol. The van der Waals surface area contributed by atoms with E-state index >= 15 is 0 Å². The number of hydrogen-bond donors (Lipinski definition) is 2. The van der Waals surface area contributed by atoms with E-state index in [1.54, 1.807) is 37.8 Å². The first-order valence-corrected chi connectivity index (χ1v) is 11.2. The summed E-state index contributed by atoms with van der Waals surface area (Å²) >= 11 is 1.33. The van der Waals surface area contributed by atoms with Gasteiger partial charge in [-0.05, 0) is 51.0 Å². The van der Waals surface area contributed by atoms with Crippen LogP contribution in [0.3, 0.4) is 0 Å². The average Bonchev–Trinajstić information content (AvgIpc) is 3.14. The molecule has 2 rings (SSSR count). The summed E-state index contributed by atoms with van der Waals surface area (Å²) in [5.74, 6) is -0.299. The summed E-state index contributed by atoms with van der Waals surface area (Å²) in [4.78, 5) is 27.0. The van der Waals surface area contributed by atoms with Crippen molar-refractivity contribution in [2.24, 2.45) is 5.92 Å². The van der Waals surface area contributed by atoms with Crippen molar-refractivity contribution in [2.45, 2.75) is 44.9 Å². The van der Waals surface area contributed by atoms with E-state index in [4.69, 9.17) is 0 Å². The van der Waals surface area contributed by atoms with Gasteiger partial charge in [-0.2, -0.15) is 0 Å². The third kappa shape index (κ3) is 5.52. The molecule has 0 bridgehead atoms. The molecule has 1 saturated heterocycles. The molecule has 0 unspecified atom stereocenters. The van der Waals surface area contributed by atoms with Gasteiger partial charge in [0.2, 0.25) is 15.9 Å². The van der Waals surface area contributed by atoms with Crippen molar-refractivity contribution in [3.05, 3.63) is 22.4 Å². The predicted octanol–water partition coefficient (Wildman–Crippen LogP) is 1.43. The van der Waals surface area contributed by atoms with E-state index in [2.05, 4.69) is 10.0 Å². The Morgan fingerprint density at radius 2 is 2.08 bits per heavy atom. The number of thiophene rings is 1. The van der Waals surface area contributed by atoms with Crippen LogP contribution >= 0.6 is 11.3 Å². The molecule has 146 valence electrons. The van der Waals surface area contributed by atoms with E-state index < -0.39 is 21.3 Å². The van der Waals surface area contributed by atoms with Crippen LogP contribution in [-0.2, 0) is 14.8 Å². The maximum atomic E-state index is 12.6. The molecule has 26 heavy (non-hydrogen) atoms. The van der Waals surface area contributed by atoms with Crippen LogP contribution in [0.2, 0.25) is 0 Å². The smallest absolute Gasteiger partial charge is 0.261 e. The van der Waals surface area contributed by atoms with Gasteiger partial charge in [-0.3, -0.25) is 9.59 Å². The Morgan fingerprint density at radius 3 is 2.69 bits per heavy atom. The Kier molecular flexibility index (Phi) is 7.19. The van der Waals surface area contributed by atoms with E-state index in [0.717, 1.165) is 12.8 Å². The highest BCUT2D eigenvalue weighted by Gasteiger charge is 2.28. The largest absolute Gasteiger partial charge is 0.341 e. The summed E-state index contributed by atoms with van der Waals surface area (Å²) in [6.07, 6.45) is 1.70. The quantitative estimate of drug-likeness (QED) is 0.722. The van der Waals surface area contributed by atoms with Gasteiger partial charge in [-0.25, -0.2) is 13.1 Å². The molecule has 9 heteroatoms. The molecule has 0 spiro atoms. The first-order chi connectivity index (χ1) is 12.2. The number of nitrogens with zero attached hydrogens (tertiary/aromatic N) is 1. The normalized spacial score (nSPS) is 19.4. The molecule has 1 aromatic rings. The molecule has 0 aliphatic carbocycles. The fraction of sp³-hybridized carbons (Fsp3) is 0.647. The number of hydrogen-bond acceptors (Lipinski definition) is 5. The molecule has 2 heterocycles. The Bertz CT molecular complexity index is 716. The molecule has 0 saturated carbocycles. The predicted molar refractivity (Wildman–Crippen MR) is 103 cm³/mol. The van der Waals surface area contributed by atoms with Crippen LogP contribution in [-0.4, -0.2) is 56.1 Å². The van der Waals surface area contributed by atoms with E-state index in [1.165, 1.54) is 11.3 Å². The lowest BCUT2D eigenvalue weighted by atomic mass is 9.98. The zero-order valence-electron chi connectivity index (χ0n) is 15.4. The standard InChI is InChI=1S/C17H27N3O4S2/c1-12(2)26(23,24)18-10-14-6-4-8-20(11-14)17(22)13(3)19-16(21)15-7-5-9-25-15/h5,7,9,12-14,18H,4,6,8,10-11H2,1-3H3,(H,19,21)/t13-,14-/m1/s1. The minimum Gasteiger partial charge on any atom is -0.341 e. The van der Waals surface area contributed by atoms with Gasteiger partial charge in [-0.15, -0.1) is 11.3 Å². The van der Waals surface area contributed by atoms with E-state index in [9.17, 15) is 18.0 Å². The number of carbonyl (C=O) groups excluding carboxylic acids is 2. The molecule has 0 aromatic carbocycles. The number of nitrogens with one attached hydrogen (secondary N) is 2. The molecule has 1 fully saturated rings. The summed E-state index contributed by atoms with van der Waals surface area (Å²) in [5, 5.41) is 4.07. The van der Waals surface area contributed by atoms with Crippen molar-refractivity contribution in [2.75, 3.05) is 19.6 Å². The van der Waals surface area contributed by atoms with Gasteiger partial charge in [0.25, 0.3) is 5.91 Å². The number of likely N-dealkylation sites (tertiary alicyclic amines) is 1. The first kappa shape index (κ1) is 20.9. The van der Waals surface area contributed by atoms with Crippen molar-refractivity contribution in [3.63, 3.8) is 0 Å². The lowest BCUT2D eigenvalue weighted by molar-refractivity contribution is -0.134. The molecule has 1 aliphatic heterocycles. The lowest BCUT2D eigenvalue weighted by Crippen LogP contribution is -2.51. The van der Waals surface area contributed by atoms with Gasteiger partial charge < -0.3 is 10.2 Å². The average molecular weight is 402 g/mol. The number of piperidine rings is 1. The van der Waals surface area contributed by atoms with Crippen molar-refractivity contribution in [3.8, 4) is 0 Å². The number of amides is 2. The highest BCUT2D eigenvalue weighted by molar-refractivity contribution is 7.90. The second kappa shape index (κ2) is 8.96. The van der Waals surface area contributed by atoms with E-state index in [-0.39, 0.29) is 17.7 Å². The SMILES string of the molecule is CC(C)S(=O)(=O)NC[C@H]1CCCN(C(=O)[C@@H](C)NC(=O)c2cccs2)C1. The Morgan fingerprint density at radius 1 is 1.35 bits per heavy atom. The maximum absolute atomic E-state index is 12.6. The molecule has 2 atom stereocenters. The Hall–Kier alpha value is -1.45. The van der Waals surface area contributed by atoms with Crippen LogP contribution in [0.25, 0.3) is 0 Å². The molecule has 1 aliphatic rings. The first-order valence-electron chi connectivity index (χ1n) is 8.82. The molecule has 1 aromatic heterocycles. The molecular formula is C17H27N3O4S2. The minimum absolute atomic E-state index is 0.0847. The van der Waals surface area contributed by atoms with Gasteiger partial charge >= 0.3 is 0 Å². The minimum atomic E-state index is -3.30. The summed E-state index contributed by atoms with van der Waals surface area (Å²) in [6, 6.07) is 2.89. The third-order valence-electron chi connectivity index (χ3n) is 4.49. The topological polar surface area (TPSA) is 95.6 Å². The van der Waals surface area contributed by atoms with Crippen LogP contribution in [0.15, 0.2) is 17.5 Å². The van der Waals surface area contributed by atoms with Crippen LogP contribution in [0, 0.1) is 5.92 Å².